The molecule has 3 aliphatic rings. The Kier molecular flexibility index (Phi) is 5.48. The van der Waals surface area contributed by atoms with Gasteiger partial charge in [0.1, 0.15) is 11.5 Å². The molecular weight excluding hydrogens is 576 g/mol. The molecule has 0 aromatic heterocycles. The number of carbonyl (C=O) groups is 3. The van der Waals surface area contributed by atoms with E-state index in [2.05, 4.69) is 15.9 Å². The molecule has 2 aliphatic heterocycles. The first-order valence-corrected chi connectivity index (χ1v) is 13.7. The van der Waals surface area contributed by atoms with E-state index < -0.39 is 23.4 Å². The van der Waals surface area contributed by atoms with Crippen LogP contribution in [0.3, 0.4) is 0 Å². The van der Waals surface area contributed by atoms with Crippen molar-refractivity contribution in [2.45, 2.75) is 18.0 Å². The van der Waals surface area contributed by atoms with Crippen LogP contribution >= 0.6 is 27.5 Å². The van der Waals surface area contributed by atoms with Gasteiger partial charge in [-0.3, -0.25) is 19.4 Å². The van der Waals surface area contributed by atoms with Crippen molar-refractivity contribution in [3.05, 3.63) is 140 Å². The van der Waals surface area contributed by atoms with E-state index in [1.54, 1.807) is 59.8 Å². The molecule has 3 atom stereocenters. The zero-order chi connectivity index (χ0) is 26.9. The molecule has 2 heterocycles. The summed E-state index contributed by atoms with van der Waals surface area (Å²) in [5.74, 6) is -1.57. The Balaban J connectivity index is 1.55. The van der Waals surface area contributed by atoms with Gasteiger partial charge in [0, 0.05) is 32.1 Å². The largest absolute Gasteiger partial charge is 0.293 e. The summed E-state index contributed by atoms with van der Waals surface area (Å²) in [4.78, 5) is 43.7. The van der Waals surface area contributed by atoms with Gasteiger partial charge in [0.05, 0.1) is 12.3 Å². The number of hydrazone groups is 1. The summed E-state index contributed by atoms with van der Waals surface area (Å²) < 4.78 is 0.854. The lowest BCUT2D eigenvalue weighted by atomic mass is 9.63. The fourth-order valence-electron chi connectivity index (χ4n) is 6.60. The number of carbonyl (C=O) groups excluding carboxylic acids is 3. The summed E-state index contributed by atoms with van der Waals surface area (Å²) in [7, 11) is 0. The van der Waals surface area contributed by atoms with Crippen molar-refractivity contribution in [3.8, 4) is 0 Å². The van der Waals surface area contributed by atoms with E-state index in [0.29, 0.717) is 21.7 Å². The van der Waals surface area contributed by atoms with Gasteiger partial charge in [-0.2, -0.15) is 5.10 Å². The molecule has 0 amide bonds. The highest BCUT2D eigenvalue weighted by Gasteiger charge is 2.72. The highest BCUT2D eigenvalue weighted by Crippen LogP contribution is 2.64. The molecule has 0 radical (unpaired) electrons. The second-order valence-electron chi connectivity index (χ2n) is 10.1. The third-order valence-corrected chi connectivity index (χ3v) is 8.98. The minimum atomic E-state index is -1.59. The van der Waals surface area contributed by atoms with Crippen molar-refractivity contribution in [1.82, 2.24) is 5.01 Å². The van der Waals surface area contributed by atoms with Crippen LogP contribution in [0.4, 0.5) is 0 Å². The molecule has 7 rings (SSSR count). The average molecular weight is 596 g/mol. The van der Waals surface area contributed by atoms with Gasteiger partial charge >= 0.3 is 0 Å². The number of Topliss-reactive ketones (excluding diaryl/α,β-unsaturated/α-hetero) is 3. The zero-order valence-electron chi connectivity index (χ0n) is 20.4. The monoisotopic (exact) mass is 594 g/mol. The van der Waals surface area contributed by atoms with Crippen LogP contribution in [0.2, 0.25) is 5.02 Å². The summed E-state index contributed by atoms with van der Waals surface area (Å²) in [6.45, 7) is 0. The molecule has 5 nitrogen and oxygen atoms in total. The lowest BCUT2D eigenvalue weighted by molar-refractivity contribution is 0.0586. The van der Waals surface area contributed by atoms with Crippen molar-refractivity contribution in [2.24, 2.45) is 10.5 Å². The van der Waals surface area contributed by atoms with E-state index in [1.807, 2.05) is 48.5 Å². The van der Waals surface area contributed by atoms with Crippen molar-refractivity contribution < 1.29 is 14.4 Å². The van der Waals surface area contributed by atoms with Crippen molar-refractivity contribution in [1.29, 1.82) is 0 Å². The molecule has 39 heavy (non-hydrogen) atoms. The number of rotatable bonds is 3. The third-order valence-electron chi connectivity index (χ3n) is 8.20. The van der Waals surface area contributed by atoms with Crippen LogP contribution in [0.25, 0.3) is 0 Å². The van der Waals surface area contributed by atoms with Crippen LogP contribution < -0.4 is 0 Å². The quantitative estimate of drug-likeness (QED) is 0.191. The summed E-state index contributed by atoms with van der Waals surface area (Å²) in [6, 6.07) is 27.1. The maximum absolute atomic E-state index is 14.7. The molecule has 1 unspecified atom stereocenters. The number of fused-ring (bicyclic) bond motifs is 5. The van der Waals surface area contributed by atoms with E-state index >= 15 is 0 Å². The van der Waals surface area contributed by atoms with E-state index in [9.17, 15) is 14.4 Å². The SMILES string of the molecule is O=C(c1ccc(Cl)cc1)[C@@H]1[C@@H](c2ccc(Br)cc2)C2(C(=O)c3ccccc3C2=O)C2c3ccccc3C=NN21. The number of hydrogen-bond donors (Lipinski definition) is 0. The van der Waals surface area contributed by atoms with Crippen molar-refractivity contribution in [2.75, 3.05) is 0 Å². The second-order valence-corrected chi connectivity index (χ2v) is 11.4. The maximum atomic E-state index is 14.7. The maximum Gasteiger partial charge on any atom is 0.187 e. The molecule has 190 valence electrons. The smallest absolute Gasteiger partial charge is 0.187 e. The number of nitrogens with zero attached hydrogens (tertiary/aromatic N) is 2. The van der Waals surface area contributed by atoms with Crippen molar-refractivity contribution >= 4 is 51.1 Å². The van der Waals surface area contributed by atoms with Gasteiger partial charge in [0.15, 0.2) is 17.3 Å². The molecule has 4 aromatic rings. The van der Waals surface area contributed by atoms with Gasteiger partial charge in [-0.15, -0.1) is 0 Å². The molecule has 1 spiro atoms. The molecule has 1 saturated heterocycles. The van der Waals surface area contributed by atoms with E-state index in [-0.39, 0.29) is 17.3 Å². The molecule has 4 aromatic carbocycles. The van der Waals surface area contributed by atoms with E-state index in [1.165, 1.54) is 0 Å². The Bertz CT molecular complexity index is 1680. The zero-order valence-corrected chi connectivity index (χ0v) is 22.8. The lowest BCUT2D eigenvalue weighted by Gasteiger charge is -2.36. The van der Waals surface area contributed by atoms with Gasteiger partial charge < -0.3 is 0 Å². The molecule has 7 heteroatoms. The summed E-state index contributed by atoms with van der Waals surface area (Å²) >= 11 is 9.63. The molecular formula is C32H20BrClN2O3. The van der Waals surface area contributed by atoms with Gasteiger partial charge in [-0.05, 0) is 53.1 Å². The fourth-order valence-corrected chi connectivity index (χ4v) is 6.99. The topological polar surface area (TPSA) is 66.8 Å². The average Bonchev–Trinajstić information content (AvgIpc) is 3.40. The Morgan fingerprint density at radius 3 is 2.10 bits per heavy atom. The van der Waals surface area contributed by atoms with Crippen LogP contribution in [0.5, 0.6) is 0 Å². The highest BCUT2D eigenvalue weighted by molar-refractivity contribution is 9.10. The Hall–Kier alpha value is -3.87. The normalized spacial score (nSPS) is 22.1. The molecule has 1 fully saturated rings. The van der Waals surface area contributed by atoms with Gasteiger partial charge in [-0.25, -0.2) is 0 Å². The Morgan fingerprint density at radius 2 is 1.44 bits per heavy atom. The standard InChI is InChI=1S/C32H20BrClN2O3/c33-21-13-9-18(10-14-21)26-27(28(37)19-11-15-22(34)16-12-19)36-29(23-6-2-1-5-20(23)17-35-36)32(26)30(38)24-7-3-4-8-25(24)31(32)39/h1-17,26-27,29H/t26-,27+,29?/m1/s1. The van der Waals surface area contributed by atoms with Gasteiger partial charge in [0.25, 0.3) is 0 Å². The summed E-state index contributed by atoms with van der Waals surface area (Å²) in [6.07, 6.45) is 1.71. The van der Waals surface area contributed by atoms with E-state index in [0.717, 1.165) is 21.2 Å². The highest BCUT2D eigenvalue weighted by atomic mass is 79.9. The van der Waals surface area contributed by atoms with Crippen LogP contribution in [-0.2, 0) is 0 Å². The fraction of sp³-hybridized carbons (Fsp3) is 0.125. The van der Waals surface area contributed by atoms with Gasteiger partial charge in [0.2, 0.25) is 0 Å². The number of benzene rings is 4. The predicted octanol–water partition coefficient (Wildman–Crippen LogP) is 6.91. The summed E-state index contributed by atoms with van der Waals surface area (Å²) in [5, 5.41) is 6.98. The minimum absolute atomic E-state index is 0.227. The molecule has 0 saturated carbocycles. The molecule has 0 N–H and O–H groups in total. The van der Waals surface area contributed by atoms with Crippen molar-refractivity contribution in [3.63, 3.8) is 0 Å². The van der Waals surface area contributed by atoms with E-state index in [4.69, 9.17) is 16.7 Å². The Morgan fingerprint density at radius 1 is 0.821 bits per heavy atom. The first-order valence-electron chi connectivity index (χ1n) is 12.6. The number of hydrogen-bond acceptors (Lipinski definition) is 5. The van der Waals surface area contributed by atoms with Crippen LogP contribution in [0.15, 0.2) is 107 Å². The van der Waals surface area contributed by atoms with Crippen LogP contribution in [0.1, 0.15) is 59.7 Å². The number of halogens is 2. The molecule has 0 bridgehead atoms. The minimum Gasteiger partial charge on any atom is -0.293 e. The predicted molar refractivity (Wildman–Crippen MR) is 153 cm³/mol. The first-order chi connectivity index (χ1) is 18.9. The lowest BCUT2D eigenvalue weighted by Crippen LogP contribution is -2.43. The van der Waals surface area contributed by atoms with Crippen LogP contribution in [0, 0.1) is 5.41 Å². The molecule has 1 aliphatic carbocycles. The second kappa shape index (κ2) is 8.83. The Labute approximate surface area is 238 Å². The number of ketones is 3. The van der Waals surface area contributed by atoms with Gasteiger partial charge in [-0.1, -0.05) is 88.2 Å². The first kappa shape index (κ1) is 24.2. The summed E-state index contributed by atoms with van der Waals surface area (Å²) in [5.41, 5.74) is 1.97. The van der Waals surface area contributed by atoms with Crippen LogP contribution in [-0.4, -0.2) is 34.6 Å². The third kappa shape index (κ3) is 3.31.